The van der Waals surface area contributed by atoms with E-state index in [1.807, 2.05) is 0 Å². The zero-order valence-corrected chi connectivity index (χ0v) is 9.16. The Morgan fingerprint density at radius 3 is 2.20 bits per heavy atom. The molecule has 0 aliphatic carbocycles. The van der Waals surface area contributed by atoms with Crippen LogP contribution in [0.25, 0.3) is 0 Å². The number of aliphatic hydroxyl groups is 1. The van der Waals surface area contributed by atoms with Gasteiger partial charge in [0.05, 0.1) is 0 Å². The quantitative estimate of drug-likeness (QED) is 0.872. The summed E-state index contributed by atoms with van der Waals surface area (Å²) in [5.41, 5.74) is 0.713. The normalized spacial score (nSPS) is 12.7. The first kappa shape index (κ1) is 10.6. The van der Waals surface area contributed by atoms with E-state index in [-0.39, 0.29) is 5.22 Å². The van der Waals surface area contributed by atoms with E-state index in [2.05, 4.69) is 0 Å². The highest BCUT2D eigenvalue weighted by atomic mass is 35.5. The van der Waals surface area contributed by atoms with Crippen LogP contribution in [0.4, 0.5) is 0 Å². The SMILES string of the molecule is OC(c1ccc(Cl)cc1)c1ccc(Cl)o1. The fourth-order valence-electron chi connectivity index (χ4n) is 1.28. The predicted octanol–water partition coefficient (Wildman–Crippen LogP) is 3.67. The minimum atomic E-state index is -0.810. The van der Waals surface area contributed by atoms with Crippen LogP contribution in [0, 0.1) is 0 Å². The molecular weight excluding hydrogens is 235 g/mol. The Kier molecular flexibility index (Phi) is 3.00. The smallest absolute Gasteiger partial charge is 0.193 e. The van der Waals surface area contributed by atoms with Gasteiger partial charge in [0.25, 0.3) is 0 Å². The lowest BCUT2D eigenvalue weighted by molar-refractivity contribution is 0.189. The molecule has 4 heteroatoms. The standard InChI is InChI=1S/C11H8Cl2O2/c12-8-3-1-7(2-4-8)11(14)9-5-6-10(13)15-9/h1-6,11,14H. The third-order valence-corrected chi connectivity index (χ3v) is 2.50. The van der Waals surface area contributed by atoms with Crippen molar-refractivity contribution in [1.82, 2.24) is 0 Å². The summed E-state index contributed by atoms with van der Waals surface area (Å²) < 4.78 is 5.11. The molecule has 0 fully saturated rings. The molecule has 0 aliphatic rings. The second kappa shape index (κ2) is 4.27. The first-order chi connectivity index (χ1) is 7.16. The van der Waals surface area contributed by atoms with Gasteiger partial charge in [0, 0.05) is 5.02 Å². The Labute approximate surface area is 97.0 Å². The van der Waals surface area contributed by atoms with Gasteiger partial charge in [-0.25, -0.2) is 0 Å². The first-order valence-corrected chi connectivity index (χ1v) is 5.11. The summed E-state index contributed by atoms with van der Waals surface area (Å²) in [6.07, 6.45) is -0.810. The van der Waals surface area contributed by atoms with E-state index in [4.69, 9.17) is 27.6 Å². The molecule has 1 atom stereocenters. The first-order valence-electron chi connectivity index (χ1n) is 4.35. The molecule has 0 amide bonds. The second-order valence-corrected chi connectivity index (χ2v) is 3.90. The average molecular weight is 243 g/mol. The lowest BCUT2D eigenvalue weighted by atomic mass is 10.1. The van der Waals surface area contributed by atoms with Crippen molar-refractivity contribution in [3.63, 3.8) is 0 Å². The molecule has 0 saturated heterocycles. The van der Waals surface area contributed by atoms with Crippen LogP contribution in [0.1, 0.15) is 17.4 Å². The van der Waals surface area contributed by atoms with Crippen molar-refractivity contribution in [1.29, 1.82) is 0 Å². The minimum absolute atomic E-state index is 0.262. The largest absolute Gasteiger partial charge is 0.447 e. The molecule has 0 aliphatic heterocycles. The fourth-order valence-corrected chi connectivity index (χ4v) is 1.56. The maximum absolute atomic E-state index is 9.90. The number of hydrogen-bond donors (Lipinski definition) is 1. The zero-order valence-electron chi connectivity index (χ0n) is 7.65. The van der Waals surface area contributed by atoms with Gasteiger partial charge in [0.2, 0.25) is 0 Å². The van der Waals surface area contributed by atoms with E-state index in [1.54, 1.807) is 36.4 Å². The van der Waals surface area contributed by atoms with Crippen LogP contribution in [0.5, 0.6) is 0 Å². The van der Waals surface area contributed by atoms with Crippen LogP contribution in [0.2, 0.25) is 10.2 Å². The molecule has 0 saturated carbocycles. The van der Waals surface area contributed by atoms with Crippen molar-refractivity contribution >= 4 is 23.2 Å². The van der Waals surface area contributed by atoms with Gasteiger partial charge in [-0.1, -0.05) is 23.7 Å². The maximum Gasteiger partial charge on any atom is 0.193 e. The average Bonchev–Trinajstić information content (AvgIpc) is 2.65. The lowest BCUT2D eigenvalue weighted by Gasteiger charge is -2.07. The molecule has 1 heterocycles. The van der Waals surface area contributed by atoms with E-state index in [0.29, 0.717) is 16.3 Å². The van der Waals surface area contributed by atoms with E-state index in [1.165, 1.54) is 0 Å². The summed E-state index contributed by atoms with van der Waals surface area (Å²) in [7, 11) is 0. The van der Waals surface area contributed by atoms with Crippen LogP contribution in [0.3, 0.4) is 0 Å². The fraction of sp³-hybridized carbons (Fsp3) is 0.0909. The topological polar surface area (TPSA) is 33.4 Å². The highest BCUT2D eigenvalue weighted by Gasteiger charge is 2.13. The van der Waals surface area contributed by atoms with E-state index < -0.39 is 6.10 Å². The Balaban J connectivity index is 2.28. The number of benzene rings is 1. The molecule has 1 aromatic carbocycles. The highest BCUT2D eigenvalue weighted by Crippen LogP contribution is 2.26. The third kappa shape index (κ3) is 2.34. The van der Waals surface area contributed by atoms with Crippen molar-refractivity contribution in [3.05, 3.63) is 58.0 Å². The number of aliphatic hydroxyl groups excluding tert-OH is 1. The van der Waals surface area contributed by atoms with Gasteiger partial charge in [-0.2, -0.15) is 0 Å². The molecule has 2 rings (SSSR count). The van der Waals surface area contributed by atoms with E-state index in [9.17, 15) is 5.11 Å². The number of halogens is 2. The molecule has 0 radical (unpaired) electrons. The van der Waals surface area contributed by atoms with Gasteiger partial charge in [0.15, 0.2) is 5.22 Å². The van der Waals surface area contributed by atoms with Crippen molar-refractivity contribution in [3.8, 4) is 0 Å². The van der Waals surface area contributed by atoms with Crippen LogP contribution < -0.4 is 0 Å². The van der Waals surface area contributed by atoms with Crippen molar-refractivity contribution in [2.75, 3.05) is 0 Å². The summed E-state index contributed by atoms with van der Waals surface area (Å²) in [5, 5.41) is 10.8. The maximum atomic E-state index is 9.90. The number of furan rings is 1. The molecule has 2 aromatic rings. The molecule has 0 spiro atoms. The van der Waals surface area contributed by atoms with E-state index in [0.717, 1.165) is 0 Å². The van der Waals surface area contributed by atoms with Crippen LogP contribution in [-0.2, 0) is 0 Å². The van der Waals surface area contributed by atoms with E-state index >= 15 is 0 Å². The zero-order chi connectivity index (χ0) is 10.8. The van der Waals surface area contributed by atoms with Gasteiger partial charge in [-0.3, -0.25) is 0 Å². The summed E-state index contributed by atoms with van der Waals surface area (Å²) in [5.74, 6) is 0.419. The summed E-state index contributed by atoms with van der Waals surface area (Å²) >= 11 is 11.4. The van der Waals surface area contributed by atoms with Gasteiger partial charge >= 0.3 is 0 Å². The van der Waals surface area contributed by atoms with Gasteiger partial charge < -0.3 is 9.52 Å². The molecule has 78 valence electrons. The lowest BCUT2D eigenvalue weighted by Crippen LogP contribution is -1.97. The summed E-state index contributed by atoms with van der Waals surface area (Å²) in [4.78, 5) is 0. The summed E-state index contributed by atoms with van der Waals surface area (Å²) in [6.45, 7) is 0. The van der Waals surface area contributed by atoms with Gasteiger partial charge in [-0.15, -0.1) is 0 Å². The monoisotopic (exact) mass is 242 g/mol. The highest BCUT2D eigenvalue weighted by molar-refractivity contribution is 6.30. The number of hydrogen-bond acceptors (Lipinski definition) is 2. The predicted molar refractivity (Wildman–Crippen MR) is 59.2 cm³/mol. The van der Waals surface area contributed by atoms with Crippen LogP contribution >= 0.6 is 23.2 Å². The Morgan fingerprint density at radius 1 is 1.00 bits per heavy atom. The van der Waals surface area contributed by atoms with Gasteiger partial charge in [-0.05, 0) is 41.4 Å². The summed E-state index contributed by atoms with van der Waals surface area (Å²) in [6, 6.07) is 10.1. The van der Waals surface area contributed by atoms with Gasteiger partial charge in [0.1, 0.15) is 11.9 Å². The van der Waals surface area contributed by atoms with Crippen LogP contribution in [-0.4, -0.2) is 5.11 Å². The molecule has 15 heavy (non-hydrogen) atoms. The van der Waals surface area contributed by atoms with Crippen molar-refractivity contribution in [2.24, 2.45) is 0 Å². The molecule has 1 aromatic heterocycles. The van der Waals surface area contributed by atoms with Crippen molar-refractivity contribution in [2.45, 2.75) is 6.10 Å². The molecule has 1 unspecified atom stereocenters. The minimum Gasteiger partial charge on any atom is -0.447 e. The second-order valence-electron chi connectivity index (χ2n) is 3.10. The Bertz CT molecular complexity index is 448. The molecule has 1 N–H and O–H groups in total. The Morgan fingerprint density at radius 2 is 1.67 bits per heavy atom. The van der Waals surface area contributed by atoms with Crippen molar-refractivity contribution < 1.29 is 9.52 Å². The number of rotatable bonds is 2. The third-order valence-electron chi connectivity index (χ3n) is 2.05. The molecule has 2 nitrogen and oxygen atoms in total. The molecular formula is C11H8Cl2O2. The van der Waals surface area contributed by atoms with Crippen LogP contribution in [0.15, 0.2) is 40.8 Å². The Hall–Kier alpha value is -0.960. The molecule has 0 bridgehead atoms.